The van der Waals surface area contributed by atoms with Crippen molar-refractivity contribution in [3.8, 4) is 0 Å². The predicted molar refractivity (Wildman–Crippen MR) is 80.5 cm³/mol. The van der Waals surface area contributed by atoms with E-state index in [0.717, 1.165) is 31.8 Å². The summed E-state index contributed by atoms with van der Waals surface area (Å²) >= 11 is 0. The molecule has 0 radical (unpaired) electrons. The Morgan fingerprint density at radius 3 is 2.85 bits per heavy atom. The van der Waals surface area contributed by atoms with Gasteiger partial charge in [0.25, 0.3) is 0 Å². The molecule has 0 bridgehead atoms. The van der Waals surface area contributed by atoms with Gasteiger partial charge in [0.2, 0.25) is 5.91 Å². The number of nitrogens with zero attached hydrogens (tertiary/aromatic N) is 3. The average Bonchev–Trinajstić information content (AvgIpc) is 2.92. The van der Waals surface area contributed by atoms with Gasteiger partial charge in [0.05, 0.1) is 6.04 Å². The molecular weight excluding hydrogens is 301 g/mol. The molecule has 114 valence electrons. The van der Waals surface area contributed by atoms with Gasteiger partial charge in [0, 0.05) is 19.0 Å². The standard InChI is InChI=1S/C12H19N5O.2ClH/c18-12(10-2-1-5-13-10)14-6-7-17-8-15-16-11(17)9-3-4-9;;/h8-10,13H,1-7H2,(H,14,18);2*1H. The van der Waals surface area contributed by atoms with E-state index < -0.39 is 0 Å². The molecule has 6 nitrogen and oxygen atoms in total. The fourth-order valence-electron chi connectivity index (χ4n) is 2.42. The Morgan fingerprint density at radius 2 is 2.20 bits per heavy atom. The number of hydrogen-bond acceptors (Lipinski definition) is 4. The minimum absolute atomic E-state index is 0. The third-order valence-electron chi connectivity index (χ3n) is 3.62. The van der Waals surface area contributed by atoms with Crippen molar-refractivity contribution in [2.45, 2.75) is 44.2 Å². The van der Waals surface area contributed by atoms with Crippen LogP contribution in [0, 0.1) is 0 Å². The Labute approximate surface area is 130 Å². The van der Waals surface area contributed by atoms with Crippen molar-refractivity contribution in [3.63, 3.8) is 0 Å². The lowest BCUT2D eigenvalue weighted by atomic mass is 10.2. The topological polar surface area (TPSA) is 71.8 Å². The molecule has 1 saturated heterocycles. The van der Waals surface area contributed by atoms with Gasteiger partial charge < -0.3 is 15.2 Å². The van der Waals surface area contributed by atoms with Crippen LogP contribution in [0.5, 0.6) is 0 Å². The number of carbonyl (C=O) groups excluding carboxylic acids is 1. The van der Waals surface area contributed by atoms with Crippen molar-refractivity contribution < 1.29 is 4.79 Å². The number of carbonyl (C=O) groups is 1. The quantitative estimate of drug-likeness (QED) is 0.844. The van der Waals surface area contributed by atoms with E-state index in [1.165, 1.54) is 12.8 Å². The molecule has 2 heterocycles. The zero-order valence-corrected chi connectivity index (χ0v) is 12.9. The first-order chi connectivity index (χ1) is 8.84. The van der Waals surface area contributed by atoms with Gasteiger partial charge in [-0.2, -0.15) is 0 Å². The van der Waals surface area contributed by atoms with Crippen LogP contribution in [0.3, 0.4) is 0 Å². The molecule has 8 heteroatoms. The Hall–Kier alpha value is -0.850. The summed E-state index contributed by atoms with van der Waals surface area (Å²) in [7, 11) is 0. The van der Waals surface area contributed by atoms with Crippen molar-refractivity contribution in [1.29, 1.82) is 0 Å². The number of nitrogens with one attached hydrogen (secondary N) is 2. The Bertz CT molecular complexity index is 429. The van der Waals surface area contributed by atoms with Gasteiger partial charge >= 0.3 is 0 Å². The predicted octanol–water partition coefficient (Wildman–Crippen LogP) is 0.867. The molecule has 2 fully saturated rings. The van der Waals surface area contributed by atoms with E-state index in [2.05, 4.69) is 25.4 Å². The van der Waals surface area contributed by atoms with E-state index in [1.54, 1.807) is 6.33 Å². The summed E-state index contributed by atoms with van der Waals surface area (Å²) in [6, 6.07) is 0.00816. The number of amides is 1. The fourth-order valence-corrected chi connectivity index (χ4v) is 2.42. The van der Waals surface area contributed by atoms with Crippen LogP contribution in [0.25, 0.3) is 0 Å². The Kier molecular flexibility index (Phi) is 6.71. The summed E-state index contributed by atoms with van der Waals surface area (Å²) in [4.78, 5) is 11.8. The minimum Gasteiger partial charge on any atom is -0.353 e. The first-order valence-electron chi connectivity index (χ1n) is 6.73. The van der Waals surface area contributed by atoms with E-state index in [-0.39, 0.29) is 36.8 Å². The molecule has 0 aromatic carbocycles. The SMILES string of the molecule is Cl.Cl.O=C(NCCn1cnnc1C1CC1)C1CCCN1. The molecule has 1 aromatic heterocycles. The second kappa shape index (κ2) is 7.81. The molecule has 2 N–H and O–H groups in total. The van der Waals surface area contributed by atoms with Crippen LogP contribution in [0.15, 0.2) is 6.33 Å². The fraction of sp³-hybridized carbons (Fsp3) is 0.750. The van der Waals surface area contributed by atoms with Gasteiger partial charge in [-0.05, 0) is 32.2 Å². The van der Waals surface area contributed by atoms with Gasteiger partial charge in [0.1, 0.15) is 12.2 Å². The molecule has 1 atom stereocenters. The van der Waals surface area contributed by atoms with Crippen LogP contribution in [-0.4, -0.2) is 39.8 Å². The second-order valence-electron chi connectivity index (χ2n) is 5.10. The van der Waals surface area contributed by atoms with E-state index in [4.69, 9.17) is 0 Å². The van der Waals surface area contributed by atoms with E-state index in [1.807, 2.05) is 0 Å². The second-order valence-corrected chi connectivity index (χ2v) is 5.10. The number of aromatic nitrogens is 3. The summed E-state index contributed by atoms with van der Waals surface area (Å²) in [5.74, 6) is 1.79. The van der Waals surface area contributed by atoms with Gasteiger partial charge in [-0.25, -0.2) is 0 Å². The minimum atomic E-state index is 0. The summed E-state index contributed by atoms with van der Waals surface area (Å²) in [6.45, 7) is 2.36. The van der Waals surface area contributed by atoms with Crippen molar-refractivity contribution >= 4 is 30.7 Å². The number of rotatable bonds is 5. The third kappa shape index (κ3) is 4.07. The van der Waals surface area contributed by atoms with Gasteiger partial charge in [-0.3, -0.25) is 4.79 Å². The van der Waals surface area contributed by atoms with Crippen LogP contribution in [0.4, 0.5) is 0 Å². The molecule has 1 unspecified atom stereocenters. The van der Waals surface area contributed by atoms with E-state index in [9.17, 15) is 4.79 Å². The highest BCUT2D eigenvalue weighted by atomic mass is 35.5. The highest BCUT2D eigenvalue weighted by Gasteiger charge is 2.28. The number of halogens is 2. The highest BCUT2D eigenvalue weighted by Crippen LogP contribution is 2.38. The van der Waals surface area contributed by atoms with E-state index >= 15 is 0 Å². The summed E-state index contributed by atoms with van der Waals surface area (Å²) in [5.41, 5.74) is 0. The summed E-state index contributed by atoms with van der Waals surface area (Å²) in [5, 5.41) is 14.3. The maximum absolute atomic E-state index is 11.8. The number of hydrogen-bond donors (Lipinski definition) is 2. The molecule has 1 aromatic rings. The highest BCUT2D eigenvalue weighted by molar-refractivity contribution is 5.85. The molecule has 1 saturated carbocycles. The van der Waals surface area contributed by atoms with Crippen molar-refractivity contribution in [1.82, 2.24) is 25.4 Å². The van der Waals surface area contributed by atoms with Crippen LogP contribution >= 0.6 is 24.8 Å². The van der Waals surface area contributed by atoms with Crippen LogP contribution < -0.4 is 10.6 Å². The van der Waals surface area contributed by atoms with Gasteiger partial charge in [-0.15, -0.1) is 35.0 Å². The lowest BCUT2D eigenvalue weighted by Crippen LogP contribution is -2.41. The molecule has 0 spiro atoms. The first kappa shape index (κ1) is 17.2. The van der Waals surface area contributed by atoms with Gasteiger partial charge in [0.15, 0.2) is 0 Å². The lowest BCUT2D eigenvalue weighted by Gasteiger charge is -2.11. The van der Waals surface area contributed by atoms with Crippen LogP contribution in [0.2, 0.25) is 0 Å². The van der Waals surface area contributed by atoms with Crippen molar-refractivity contribution in [3.05, 3.63) is 12.2 Å². The van der Waals surface area contributed by atoms with Crippen molar-refractivity contribution in [2.75, 3.05) is 13.1 Å². The van der Waals surface area contributed by atoms with Gasteiger partial charge in [-0.1, -0.05) is 0 Å². The summed E-state index contributed by atoms with van der Waals surface area (Å²) < 4.78 is 2.06. The zero-order valence-electron chi connectivity index (χ0n) is 11.2. The largest absolute Gasteiger partial charge is 0.353 e. The van der Waals surface area contributed by atoms with Crippen LogP contribution in [0.1, 0.15) is 37.4 Å². The maximum atomic E-state index is 11.8. The molecular formula is C12H21Cl2N5O. The molecule has 1 aliphatic carbocycles. The molecule has 1 aliphatic heterocycles. The Balaban J connectivity index is 0.000001000. The molecule has 3 rings (SSSR count). The average molecular weight is 322 g/mol. The van der Waals surface area contributed by atoms with Crippen molar-refractivity contribution in [2.24, 2.45) is 0 Å². The van der Waals surface area contributed by atoms with Crippen LogP contribution in [-0.2, 0) is 11.3 Å². The monoisotopic (exact) mass is 321 g/mol. The molecule has 1 amide bonds. The molecule has 20 heavy (non-hydrogen) atoms. The third-order valence-corrected chi connectivity index (χ3v) is 3.62. The first-order valence-corrected chi connectivity index (χ1v) is 6.73. The smallest absolute Gasteiger partial charge is 0.237 e. The Morgan fingerprint density at radius 1 is 1.40 bits per heavy atom. The maximum Gasteiger partial charge on any atom is 0.237 e. The summed E-state index contributed by atoms with van der Waals surface area (Å²) in [6.07, 6.45) is 6.24. The lowest BCUT2D eigenvalue weighted by molar-refractivity contribution is -0.122. The van der Waals surface area contributed by atoms with E-state index in [0.29, 0.717) is 12.5 Å². The zero-order chi connectivity index (χ0) is 12.4. The normalized spacial score (nSPS) is 20.9. The molecule has 2 aliphatic rings.